The van der Waals surface area contributed by atoms with Crippen LogP contribution in [0.1, 0.15) is 50.2 Å². The molecule has 10 heteroatoms. The Bertz CT molecular complexity index is 1860. The van der Waals surface area contributed by atoms with E-state index in [1.165, 1.54) is 23.9 Å². The summed E-state index contributed by atoms with van der Waals surface area (Å²) in [5.41, 5.74) is 1.93. The lowest BCUT2D eigenvalue weighted by atomic mass is 9.94. The molecule has 0 unspecified atom stereocenters. The van der Waals surface area contributed by atoms with Gasteiger partial charge in [-0.3, -0.25) is 14.9 Å². The van der Waals surface area contributed by atoms with Crippen LogP contribution in [0.4, 0.5) is 14.6 Å². The molecule has 3 aromatic heterocycles. The molecule has 5 heterocycles. The van der Waals surface area contributed by atoms with E-state index < -0.39 is 5.82 Å². The molecule has 45 heavy (non-hydrogen) atoms. The van der Waals surface area contributed by atoms with Crippen LogP contribution in [0.3, 0.4) is 0 Å². The summed E-state index contributed by atoms with van der Waals surface area (Å²) in [6.45, 7) is 5.00. The highest BCUT2D eigenvalue weighted by Gasteiger charge is 2.45. The number of phenols is 1. The van der Waals surface area contributed by atoms with E-state index in [0.717, 1.165) is 51.6 Å². The van der Waals surface area contributed by atoms with Crippen molar-refractivity contribution in [2.75, 3.05) is 31.6 Å². The smallest absolute Gasteiger partial charge is 0.319 e. The zero-order chi connectivity index (χ0) is 31.0. The van der Waals surface area contributed by atoms with Gasteiger partial charge in [0.1, 0.15) is 35.2 Å². The van der Waals surface area contributed by atoms with E-state index in [0.29, 0.717) is 52.7 Å². The molecular formula is C35H36F2N6O2. The Morgan fingerprint density at radius 2 is 1.84 bits per heavy atom. The first-order valence-electron chi connectivity index (χ1n) is 15.8. The maximum atomic E-state index is 16.6. The van der Waals surface area contributed by atoms with Gasteiger partial charge in [-0.1, -0.05) is 13.0 Å². The zero-order valence-corrected chi connectivity index (χ0v) is 25.3. The summed E-state index contributed by atoms with van der Waals surface area (Å²) < 4.78 is 37.8. The Hall–Kier alpha value is -4.44. The molecule has 8 nitrogen and oxygen atoms in total. The van der Waals surface area contributed by atoms with E-state index in [1.807, 2.05) is 19.1 Å². The van der Waals surface area contributed by atoms with Gasteiger partial charge in [-0.25, -0.2) is 8.78 Å². The van der Waals surface area contributed by atoms with E-state index in [-0.39, 0.29) is 34.3 Å². The molecule has 0 amide bonds. The van der Waals surface area contributed by atoms with Gasteiger partial charge in [0.25, 0.3) is 0 Å². The number of anilines is 1. The molecule has 0 saturated carbocycles. The predicted molar refractivity (Wildman–Crippen MR) is 171 cm³/mol. The first-order chi connectivity index (χ1) is 22.0. The number of pyridine rings is 2. The Morgan fingerprint density at radius 3 is 2.62 bits per heavy atom. The van der Waals surface area contributed by atoms with Gasteiger partial charge in [0.2, 0.25) is 0 Å². The average Bonchev–Trinajstić information content (AvgIpc) is 3.64. The molecule has 2 fully saturated rings. The monoisotopic (exact) mass is 610 g/mol. The molecular weight excluding hydrogens is 574 g/mol. The van der Waals surface area contributed by atoms with Crippen LogP contribution in [-0.4, -0.2) is 61.7 Å². The highest BCUT2D eigenvalue weighted by molar-refractivity contribution is 6.01. The Kier molecular flexibility index (Phi) is 7.91. The Balaban J connectivity index is 1.28. The Labute approximate surface area is 260 Å². The lowest BCUT2D eigenvalue weighted by molar-refractivity contribution is 0.108. The van der Waals surface area contributed by atoms with Gasteiger partial charge in [-0.05, 0) is 110 Å². The second kappa shape index (κ2) is 12.2. The highest BCUT2D eigenvalue weighted by Crippen LogP contribution is 2.40. The normalized spacial score (nSPS) is 16.0. The van der Waals surface area contributed by atoms with Gasteiger partial charge in [-0.15, -0.1) is 0 Å². The average molecular weight is 611 g/mol. The number of aryl methyl sites for hydroxylation is 2. The summed E-state index contributed by atoms with van der Waals surface area (Å²) >= 11 is 0. The second-order valence-electron chi connectivity index (χ2n) is 12.1. The summed E-state index contributed by atoms with van der Waals surface area (Å²) in [5, 5.41) is 15.4. The molecule has 2 saturated heterocycles. The van der Waals surface area contributed by atoms with Gasteiger partial charge >= 0.3 is 6.01 Å². The van der Waals surface area contributed by atoms with Crippen LogP contribution < -0.4 is 10.1 Å². The summed E-state index contributed by atoms with van der Waals surface area (Å²) in [5.74, 6) is -0.690. The van der Waals surface area contributed by atoms with Crippen LogP contribution in [0.5, 0.6) is 11.8 Å². The minimum Gasteiger partial charge on any atom is -0.508 e. The maximum absolute atomic E-state index is 16.6. The number of benzene rings is 2. The van der Waals surface area contributed by atoms with Crippen molar-refractivity contribution in [2.45, 2.75) is 57.4 Å². The van der Waals surface area contributed by atoms with Crippen LogP contribution >= 0.6 is 0 Å². The van der Waals surface area contributed by atoms with E-state index in [9.17, 15) is 9.50 Å². The predicted octanol–water partition coefficient (Wildman–Crippen LogP) is 6.84. The van der Waals surface area contributed by atoms with Crippen molar-refractivity contribution in [3.63, 3.8) is 0 Å². The summed E-state index contributed by atoms with van der Waals surface area (Å²) in [6, 6.07) is 10.0. The van der Waals surface area contributed by atoms with E-state index in [4.69, 9.17) is 9.72 Å². The molecule has 232 valence electrons. The molecule has 0 atom stereocenters. The molecule has 0 aliphatic carbocycles. The van der Waals surface area contributed by atoms with Crippen LogP contribution in [0, 0.1) is 11.6 Å². The molecule has 2 aliphatic rings. The number of hydrogen-bond donors (Lipinski definition) is 2. The van der Waals surface area contributed by atoms with Crippen LogP contribution in [0.2, 0.25) is 0 Å². The van der Waals surface area contributed by atoms with Crippen LogP contribution in [0.15, 0.2) is 55.0 Å². The lowest BCUT2D eigenvalue weighted by Gasteiger charge is -2.31. The van der Waals surface area contributed by atoms with E-state index >= 15 is 4.39 Å². The second-order valence-corrected chi connectivity index (χ2v) is 12.1. The topological polar surface area (TPSA) is 96.3 Å². The van der Waals surface area contributed by atoms with Crippen molar-refractivity contribution >= 4 is 27.5 Å². The molecule has 5 aromatic rings. The number of rotatable bonds is 10. The molecule has 2 aliphatic heterocycles. The number of ether oxygens (including phenoxy) is 1. The van der Waals surface area contributed by atoms with Gasteiger partial charge < -0.3 is 15.2 Å². The molecule has 0 radical (unpaired) electrons. The number of halogens is 2. The zero-order valence-electron chi connectivity index (χ0n) is 25.3. The van der Waals surface area contributed by atoms with Gasteiger partial charge in [0, 0.05) is 30.7 Å². The lowest BCUT2D eigenvalue weighted by Crippen LogP contribution is -2.43. The fourth-order valence-corrected chi connectivity index (χ4v) is 7.16. The van der Waals surface area contributed by atoms with Crippen LogP contribution in [0.25, 0.3) is 32.9 Å². The number of aromatic nitrogens is 4. The fourth-order valence-electron chi connectivity index (χ4n) is 7.16. The van der Waals surface area contributed by atoms with Crippen molar-refractivity contribution in [2.24, 2.45) is 0 Å². The van der Waals surface area contributed by atoms with Crippen molar-refractivity contribution < 1.29 is 18.6 Å². The number of phenolic OH excluding ortho intramolecular Hbond substituents is 1. The van der Waals surface area contributed by atoms with Crippen molar-refractivity contribution in [3.05, 3.63) is 77.8 Å². The standard InChI is InChI=1S/C35H36F2N6O2/c1-2-25-28(36)8-7-23-18-24(44)19-26(29(23)25)31-30(37)32-27(20-40-31)33(39-13-3-6-22-9-14-38-15-10-22)42-34(41-32)45-21-35-11-4-16-43(35)17-5-12-35/h7-10,14-15,18-20,44H,2-6,11-13,16-17,21H2,1H3,(H,39,41,42). The number of nitrogens with one attached hydrogen (secondary N) is 1. The summed E-state index contributed by atoms with van der Waals surface area (Å²) in [7, 11) is 0. The van der Waals surface area contributed by atoms with Gasteiger partial charge in [-0.2, -0.15) is 9.97 Å². The van der Waals surface area contributed by atoms with Crippen LogP contribution in [-0.2, 0) is 12.8 Å². The number of fused-ring (bicyclic) bond motifs is 3. The number of nitrogens with zero attached hydrogens (tertiary/aromatic N) is 5. The number of aromatic hydroxyl groups is 1. The quantitative estimate of drug-likeness (QED) is 0.166. The molecule has 2 aromatic carbocycles. The summed E-state index contributed by atoms with van der Waals surface area (Å²) in [4.78, 5) is 20.4. The van der Waals surface area contributed by atoms with E-state index in [1.54, 1.807) is 24.5 Å². The third-order valence-corrected chi connectivity index (χ3v) is 9.39. The summed E-state index contributed by atoms with van der Waals surface area (Å²) in [6.07, 6.45) is 11.5. The largest absolute Gasteiger partial charge is 0.508 e. The third kappa shape index (κ3) is 5.52. The van der Waals surface area contributed by atoms with Gasteiger partial charge in [0.15, 0.2) is 5.82 Å². The number of hydrogen-bond acceptors (Lipinski definition) is 8. The molecule has 2 N–H and O–H groups in total. The third-order valence-electron chi connectivity index (χ3n) is 9.39. The van der Waals surface area contributed by atoms with Crippen molar-refractivity contribution in [3.8, 4) is 23.0 Å². The van der Waals surface area contributed by atoms with Crippen molar-refractivity contribution in [1.29, 1.82) is 0 Å². The molecule has 0 spiro atoms. The SMILES string of the molecule is CCc1c(F)ccc2cc(O)cc(-c3ncc4c(NCCCc5ccncc5)nc(OCC56CCCN5CCC6)nc4c3F)c12. The minimum atomic E-state index is -0.681. The maximum Gasteiger partial charge on any atom is 0.319 e. The highest BCUT2D eigenvalue weighted by atomic mass is 19.1. The van der Waals surface area contributed by atoms with Gasteiger partial charge in [0.05, 0.1) is 10.9 Å². The first kappa shape index (κ1) is 29.3. The minimum absolute atomic E-state index is 0.0201. The molecule has 7 rings (SSSR count). The molecule has 0 bridgehead atoms. The first-order valence-corrected chi connectivity index (χ1v) is 15.8. The fraction of sp³-hybridized carbons (Fsp3) is 0.371. The van der Waals surface area contributed by atoms with Crippen molar-refractivity contribution in [1.82, 2.24) is 24.8 Å². The van der Waals surface area contributed by atoms with E-state index in [2.05, 4.69) is 25.2 Å². The Morgan fingerprint density at radius 1 is 1.04 bits per heavy atom.